The molecule has 0 N–H and O–H groups in total. The molecule has 0 saturated carbocycles. The van der Waals surface area contributed by atoms with Crippen LogP contribution in [0.25, 0.3) is 20.3 Å². The first-order chi connectivity index (χ1) is 14.6. The van der Waals surface area contributed by atoms with Crippen LogP contribution in [0.2, 0.25) is 5.02 Å². The summed E-state index contributed by atoms with van der Waals surface area (Å²) in [6, 6.07) is 12.5. The Morgan fingerprint density at radius 3 is 2.48 bits per heavy atom. The normalized spacial score (nSPS) is 12.2. The van der Waals surface area contributed by atoms with Gasteiger partial charge in [0, 0.05) is 29.4 Å². The molecule has 0 radical (unpaired) electrons. The van der Waals surface area contributed by atoms with Gasteiger partial charge in [-0.1, -0.05) is 41.1 Å². The lowest BCUT2D eigenvalue weighted by molar-refractivity contribution is 0.0989. The predicted molar refractivity (Wildman–Crippen MR) is 130 cm³/mol. The Kier molecular flexibility index (Phi) is 6.06. The maximum atomic E-state index is 13.6. The van der Waals surface area contributed by atoms with E-state index in [1.807, 2.05) is 43.3 Å². The molecular weight excluding hydrogens is 474 g/mol. The number of halogens is 1. The van der Waals surface area contributed by atoms with Gasteiger partial charge in [-0.2, -0.15) is 0 Å². The third-order valence-electron chi connectivity index (χ3n) is 4.75. The van der Waals surface area contributed by atoms with Crippen LogP contribution in [-0.2, 0) is 9.84 Å². The average Bonchev–Trinajstić information content (AvgIpc) is 3.28. The number of carbonyl (C=O) groups excluding carboxylic acids is 1. The Labute approximate surface area is 193 Å². The first-order valence-corrected chi connectivity index (χ1v) is 13.3. The number of aromatic nitrogens is 1. The van der Waals surface area contributed by atoms with E-state index in [1.54, 1.807) is 17.0 Å². The molecule has 0 aliphatic carbocycles. The van der Waals surface area contributed by atoms with Crippen molar-refractivity contribution in [2.45, 2.75) is 4.90 Å². The lowest BCUT2D eigenvalue weighted by Crippen LogP contribution is -2.36. The van der Waals surface area contributed by atoms with Crippen LogP contribution in [0.5, 0.6) is 0 Å². The zero-order valence-corrected chi connectivity index (χ0v) is 20.3. The molecule has 1 amide bonds. The predicted octanol–water partition coefficient (Wildman–Crippen LogP) is 4.78. The highest BCUT2D eigenvalue weighted by Gasteiger charge is 2.26. The minimum atomic E-state index is -3.33. The van der Waals surface area contributed by atoms with Crippen LogP contribution >= 0.6 is 34.3 Å². The van der Waals surface area contributed by atoms with E-state index in [0.717, 1.165) is 10.1 Å². The van der Waals surface area contributed by atoms with E-state index in [9.17, 15) is 13.2 Å². The van der Waals surface area contributed by atoms with E-state index in [-0.39, 0.29) is 10.8 Å². The highest BCUT2D eigenvalue weighted by molar-refractivity contribution is 7.90. The Hall–Kier alpha value is -2.04. The topological polar surface area (TPSA) is 70.6 Å². The third kappa shape index (κ3) is 4.47. The molecule has 4 aromatic rings. The molecule has 0 atom stereocenters. The summed E-state index contributed by atoms with van der Waals surface area (Å²) >= 11 is 9.22. The zero-order chi connectivity index (χ0) is 22.3. The first-order valence-electron chi connectivity index (χ1n) is 9.39. The molecule has 6 nitrogen and oxygen atoms in total. The van der Waals surface area contributed by atoms with Crippen molar-refractivity contribution in [1.82, 2.24) is 9.88 Å². The van der Waals surface area contributed by atoms with Crippen molar-refractivity contribution in [2.75, 3.05) is 38.3 Å². The fraction of sp³-hybridized carbons (Fsp3) is 0.238. The SMILES string of the molecule is CN(C)CCN(C(=O)c1sc2ccccc2c1Cl)c1nc2ccc(S(C)(=O)=O)cc2s1. The van der Waals surface area contributed by atoms with Gasteiger partial charge in [-0.05, 0) is 38.4 Å². The second kappa shape index (κ2) is 8.48. The second-order valence-electron chi connectivity index (χ2n) is 7.40. The highest BCUT2D eigenvalue weighted by atomic mass is 35.5. The van der Waals surface area contributed by atoms with Gasteiger partial charge in [0.2, 0.25) is 0 Å². The number of rotatable bonds is 6. The summed E-state index contributed by atoms with van der Waals surface area (Å²) in [5, 5.41) is 1.81. The molecule has 2 heterocycles. The van der Waals surface area contributed by atoms with Crippen molar-refractivity contribution in [3.63, 3.8) is 0 Å². The summed E-state index contributed by atoms with van der Waals surface area (Å²) in [5.74, 6) is -0.213. The Balaban J connectivity index is 1.78. The molecule has 0 fully saturated rings. The largest absolute Gasteiger partial charge is 0.308 e. The standard InChI is InChI=1S/C21H20ClN3O3S3/c1-24(2)10-11-25(20(26)19-18(22)14-6-4-5-7-16(14)29-19)21-23-15-9-8-13(31(3,27)28)12-17(15)30-21/h4-9,12H,10-11H2,1-3H3. The molecule has 2 aromatic carbocycles. The number of thiazole rings is 1. The molecule has 31 heavy (non-hydrogen) atoms. The Bertz CT molecular complexity index is 1390. The smallest absolute Gasteiger partial charge is 0.271 e. The molecule has 0 spiro atoms. The van der Waals surface area contributed by atoms with Crippen LogP contribution in [0, 0.1) is 0 Å². The monoisotopic (exact) mass is 493 g/mol. The van der Waals surface area contributed by atoms with Gasteiger partial charge >= 0.3 is 0 Å². The highest BCUT2D eigenvalue weighted by Crippen LogP contribution is 2.38. The minimum absolute atomic E-state index is 0.213. The van der Waals surface area contributed by atoms with Gasteiger partial charge in [-0.25, -0.2) is 13.4 Å². The van der Waals surface area contributed by atoms with Crippen LogP contribution < -0.4 is 4.90 Å². The van der Waals surface area contributed by atoms with Crippen molar-refractivity contribution in [1.29, 1.82) is 0 Å². The van der Waals surface area contributed by atoms with E-state index in [1.165, 1.54) is 35.0 Å². The summed E-state index contributed by atoms with van der Waals surface area (Å²) in [6.45, 7) is 1.06. The van der Waals surface area contributed by atoms with Crippen LogP contribution in [0.15, 0.2) is 47.4 Å². The van der Waals surface area contributed by atoms with Crippen molar-refractivity contribution in [3.8, 4) is 0 Å². The molecule has 10 heteroatoms. The number of hydrogen-bond donors (Lipinski definition) is 0. The zero-order valence-electron chi connectivity index (χ0n) is 17.1. The average molecular weight is 494 g/mol. The van der Waals surface area contributed by atoms with Gasteiger partial charge in [0.15, 0.2) is 15.0 Å². The number of thiophene rings is 1. The van der Waals surface area contributed by atoms with Gasteiger partial charge < -0.3 is 4.90 Å². The number of likely N-dealkylation sites (N-methyl/N-ethyl adjacent to an activating group) is 1. The summed E-state index contributed by atoms with van der Waals surface area (Å²) in [4.78, 5) is 22.5. The number of sulfone groups is 1. The van der Waals surface area contributed by atoms with Crippen LogP contribution in [0.1, 0.15) is 9.67 Å². The molecule has 0 unspecified atom stereocenters. The maximum Gasteiger partial charge on any atom is 0.271 e. The van der Waals surface area contributed by atoms with Crippen molar-refractivity contribution >= 4 is 75.5 Å². The van der Waals surface area contributed by atoms with Crippen molar-refractivity contribution < 1.29 is 13.2 Å². The van der Waals surface area contributed by atoms with Crippen LogP contribution in [0.4, 0.5) is 5.13 Å². The molecule has 162 valence electrons. The summed E-state index contributed by atoms with van der Waals surface area (Å²) in [6.07, 6.45) is 1.17. The van der Waals surface area contributed by atoms with Crippen molar-refractivity contribution in [3.05, 3.63) is 52.4 Å². The van der Waals surface area contributed by atoms with Gasteiger partial charge in [0.1, 0.15) is 4.88 Å². The summed E-state index contributed by atoms with van der Waals surface area (Å²) < 4.78 is 25.5. The number of amides is 1. The number of hydrogen-bond acceptors (Lipinski definition) is 7. The maximum absolute atomic E-state index is 13.6. The Morgan fingerprint density at radius 1 is 1.06 bits per heavy atom. The summed E-state index contributed by atoms with van der Waals surface area (Å²) in [7, 11) is 0.542. The minimum Gasteiger partial charge on any atom is -0.308 e. The van der Waals surface area contributed by atoms with E-state index >= 15 is 0 Å². The molecule has 0 saturated heterocycles. The number of fused-ring (bicyclic) bond motifs is 2. The molecule has 0 aliphatic rings. The van der Waals surface area contributed by atoms with Crippen LogP contribution in [-0.4, -0.2) is 57.6 Å². The first kappa shape index (κ1) is 22.2. The quantitative estimate of drug-likeness (QED) is 0.386. The third-order valence-corrected chi connectivity index (χ3v) is 8.57. The van der Waals surface area contributed by atoms with E-state index in [4.69, 9.17) is 11.6 Å². The van der Waals surface area contributed by atoms with Crippen molar-refractivity contribution in [2.24, 2.45) is 0 Å². The second-order valence-corrected chi connectivity index (χ2v) is 11.9. The Morgan fingerprint density at radius 2 is 1.81 bits per heavy atom. The fourth-order valence-electron chi connectivity index (χ4n) is 3.10. The fourth-order valence-corrected chi connectivity index (χ4v) is 6.31. The van der Waals surface area contributed by atoms with E-state index in [2.05, 4.69) is 4.98 Å². The van der Waals surface area contributed by atoms with Crippen LogP contribution in [0.3, 0.4) is 0 Å². The number of benzene rings is 2. The summed E-state index contributed by atoms with van der Waals surface area (Å²) in [5.41, 5.74) is 0.650. The molecule has 0 aliphatic heterocycles. The van der Waals surface area contributed by atoms with E-state index in [0.29, 0.717) is 38.3 Å². The lowest BCUT2D eigenvalue weighted by Gasteiger charge is -2.21. The lowest BCUT2D eigenvalue weighted by atomic mass is 10.2. The van der Waals surface area contributed by atoms with Gasteiger partial charge in [0.05, 0.1) is 20.1 Å². The van der Waals surface area contributed by atoms with Gasteiger partial charge in [0.25, 0.3) is 5.91 Å². The van der Waals surface area contributed by atoms with E-state index < -0.39 is 9.84 Å². The number of carbonyl (C=O) groups is 1. The number of nitrogens with zero attached hydrogens (tertiary/aromatic N) is 3. The van der Waals surface area contributed by atoms with Gasteiger partial charge in [-0.3, -0.25) is 9.69 Å². The molecule has 0 bridgehead atoms. The molecule has 4 rings (SSSR count). The molecule has 2 aromatic heterocycles. The number of anilines is 1. The van der Waals surface area contributed by atoms with Gasteiger partial charge in [-0.15, -0.1) is 11.3 Å². The molecular formula is C21H20ClN3O3S3.